The lowest BCUT2D eigenvalue weighted by Crippen LogP contribution is -2.02. The monoisotopic (exact) mass is 310 g/mol. The van der Waals surface area contributed by atoms with Crippen molar-refractivity contribution in [1.82, 2.24) is 0 Å². The van der Waals surface area contributed by atoms with Crippen LogP contribution in [0.5, 0.6) is 11.5 Å². The number of rotatable bonds is 7. The maximum Gasteiger partial charge on any atom is 0.201 e. The van der Waals surface area contributed by atoms with E-state index in [4.69, 9.17) is 9.47 Å². The average molecular weight is 310 g/mol. The first-order chi connectivity index (χ1) is 10.6. The number of ether oxygens (including phenoxy) is 2. The summed E-state index contributed by atoms with van der Waals surface area (Å²) in [5, 5.41) is -0.226. The Morgan fingerprint density at radius 3 is 2.50 bits per heavy atom. The first-order valence-electron chi connectivity index (χ1n) is 7.06. The van der Waals surface area contributed by atoms with Crippen molar-refractivity contribution in [2.45, 2.75) is 19.8 Å². The Labute approximate surface area is 127 Å². The molecule has 0 fully saturated rings. The van der Waals surface area contributed by atoms with E-state index in [9.17, 15) is 13.2 Å². The van der Waals surface area contributed by atoms with Crippen LogP contribution >= 0.6 is 0 Å². The molecule has 118 valence electrons. The predicted octanol–water partition coefficient (Wildman–Crippen LogP) is 5.00. The van der Waals surface area contributed by atoms with Crippen LogP contribution in [0.4, 0.5) is 13.2 Å². The maximum absolute atomic E-state index is 14.3. The zero-order valence-corrected chi connectivity index (χ0v) is 12.3. The highest BCUT2D eigenvalue weighted by Gasteiger charge is 2.20. The quantitative estimate of drug-likeness (QED) is 0.529. The molecule has 0 aliphatic rings. The number of fused-ring (bicyclic) bond motifs is 1. The van der Waals surface area contributed by atoms with E-state index < -0.39 is 22.8 Å². The highest BCUT2D eigenvalue weighted by Crippen LogP contribution is 2.34. The number of hydrogen-bond acceptors (Lipinski definition) is 2. The minimum atomic E-state index is -1.28. The minimum Gasteiger partial charge on any atom is -0.490 e. The normalized spacial score (nSPS) is 10.7. The van der Waals surface area contributed by atoms with E-state index >= 15 is 0 Å². The van der Waals surface area contributed by atoms with Gasteiger partial charge in [-0.05, 0) is 23.9 Å². The molecule has 2 rings (SSSR count). The third kappa shape index (κ3) is 3.18. The summed E-state index contributed by atoms with van der Waals surface area (Å²) in [4.78, 5) is 0. The van der Waals surface area contributed by atoms with Gasteiger partial charge in [0.1, 0.15) is 6.61 Å². The lowest BCUT2D eigenvalue weighted by atomic mass is 10.1. The third-order valence-electron chi connectivity index (χ3n) is 3.17. The standard InChI is InChI=1S/C17H17F3O2/c1-3-5-9-22-12-7-6-11-10-13(21-8-4-2)16(19)17(20)14(11)15(12)18/h4,6-7,10H,2-3,5,8-9H2,1H3. The van der Waals surface area contributed by atoms with Crippen LogP contribution in [0.25, 0.3) is 10.8 Å². The summed E-state index contributed by atoms with van der Waals surface area (Å²) in [5.41, 5.74) is 0. The van der Waals surface area contributed by atoms with E-state index in [1.807, 2.05) is 6.92 Å². The van der Waals surface area contributed by atoms with Gasteiger partial charge in [0, 0.05) is 0 Å². The van der Waals surface area contributed by atoms with Gasteiger partial charge in [0.25, 0.3) is 0 Å². The molecule has 0 amide bonds. The lowest BCUT2D eigenvalue weighted by molar-refractivity contribution is 0.295. The van der Waals surface area contributed by atoms with Crippen molar-refractivity contribution in [3.05, 3.63) is 48.3 Å². The van der Waals surface area contributed by atoms with Gasteiger partial charge < -0.3 is 9.47 Å². The van der Waals surface area contributed by atoms with Crippen LogP contribution in [-0.4, -0.2) is 13.2 Å². The van der Waals surface area contributed by atoms with Crippen LogP contribution < -0.4 is 9.47 Å². The molecule has 5 heteroatoms. The van der Waals surface area contributed by atoms with Gasteiger partial charge in [0.2, 0.25) is 5.82 Å². The summed E-state index contributed by atoms with van der Waals surface area (Å²) < 4.78 is 52.7. The highest BCUT2D eigenvalue weighted by atomic mass is 19.2. The van der Waals surface area contributed by atoms with Gasteiger partial charge in [-0.3, -0.25) is 0 Å². The molecular weight excluding hydrogens is 293 g/mol. The summed E-state index contributed by atoms with van der Waals surface area (Å²) in [6.45, 7) is 5.76. The van der Waals surface area contributed by atoms with Crippen LogP contribution in [0.2, 0.25) is 0 Å². The van der Waals surface area contributed by atoms with Crippen LogP contribution in [0.1, 0.15) is 19.8 Å². The van der Waals surface area contributed by atoms with Crippen molar-refractivity contribution in [1.29, 1.82) is 0 Å². The number of benzene rings is 2. The van der Waals surface area contributed by atoms with Gasteiger partial charge in [-0.1, -0.05) is 32.1 Å². The minimum absolute atomic E-state index is 0.0303. The van der Waals surface area contributed by atoms with Crippen molar-refractivity contribution in [3.8, 4) is 11.5 Å². The molecule has 0 spiro atoms. The van der Waals surface area contributed by atoms with Gasteiger partial charge in [-0.15, -0.1) is 0 Å². The zero-order chi connectivity index (χ0) is 16.1. The van der Waals surface area contributed by atoms with Crippen molar-refractivity contribution < 1.29 is 22.6 Å². The van der Waals surface area contributed by atoms with Crippen molar-refractivity contribution >= 4 is 10.8 Å². The van der Waals surface area contributed by atoms with Crippen LogP contribution in [0, 0.1) is 17.5 Å². The van der Waals surface area contributed by atoms with E-state index in [0.717, 1.165) is 12.8 Å². The molecule has 0 saturated heterocycles. The fourth-order valence-corrected chi connectivity index (χ4v) is 2.03. The molecule has 0 atom stereocenters. The van der Waals surface area contributed by atoms with Crippen molar-refractivity contribution in [2.75, 3.05) is 13.2 Å². The Balaban J connectivity index is 2.46. The SMILES string of the molecule is C=CCOc1cc2ccc(OCCCC)c(F)c2c(F)c1F. The second kappa shape index (κ2) is 7.20. The topological polar surface area (TPSA) is 18.5 Å². The summed E-state index contributed by atoms with van der Waals surface area (Å²) in [5.74, 6) is -3.77. The van der Waals surface area contributed by atoms with Gasteiger partial charge in [-0.2, -0.15) is 4.39 Å². The number of unbranched alkanes of at least 4 members (excludes halogenated alkanes) is 1. The molecule has 2 aromatic carbocycles. The summed E-state index contributed by atoms with van der Waals surface area (Å²) in [6, 6.07) is 4.14. The molecule has 0 radical (unpaired) electrons. The highest BCUT2D eigenvalue weighted by molar-refractivity contribution is 5.86. The van der Waals surface area contributed by atoms with Gasteiger partial charge >= 0.3 is 0 Å². The Hall–Kier alpha value is -2.17. The molecule has 22 heavy (non-hydrogen) atoms. The summed E-state index contributed by atoms with van der Waals surface area (Å²) >= 11 is 0. The summed E-state index contributed by atoms with van der Waals surface area (Å²) in [7, 11) is 0. The smallest absolute Gasteiger partial charge is 0.201 e. The van der Waals surface area contributed by atoms with Crippen molar-refractivity contribution in [2.24, 2.45) is 0 Å². The second-order valence-electron chi connectivity index (χ2n) is 4.78. The molecule has 2 aromatic rings. The molecule has 0 unspecified atom stereocenters. The fraction of sp³-hybridized carbons (Fsp3) is 0.294. The Bertz CT molecular complexity index is 683. The molecule has 2 nitrogen and oxygen atoms in total. The summed E-state index contributed by atoms with van der Waals surface area (Å²) in [6.07, 6.45) is 3.05. The van der Waals surface area contributed by atoms with E-state index in [0.29, 0.717) is 6.61 Å². The van der Waals surface area contributed by atoms with Crippen LogP contribution in [0.3, 0.4) is 0 Å². The zero-order valence-electron chi connectivity index (χ0n) is 12.3. The lowest BCUT2D eigenvalue weighted by Gasteiger charge is -2.12. The molecular formula is C17H17F3O2. The molecule has 0 N–H and O–H groups in total. The largest absolute Gasteiger partial charge is 0.490 e. The van der Waals surface area contributed by atoms with E-state index in [1.54, 1.807) is 0 Å². The van der Waals surface area contributed by atoms with Gasteiger partial charge in [-0.25, -0.2) is 8.78 Å². The Kier molecular flexibility index (Phi) is 5.31. The molecule has 0 aliphatic carbocycles. The molecule has 0 bridgehead atoms. The van der Waals surface area contributed by atoms with E-state index in [2.05, 4.69) is 6.58 Å². The molecule has 0 saturated carbocycles. The first kappa shape index (κ1) is 16.2. The van der Waals surface area contributed by atoms with E-state index in [1.165, 1.54) is 24.3 Å². The maximum atomic E-state index is 14.3. The van der Waals surface area contributed by atoms with Crippen LogP contribution in [0.15, 0.2) is 30.9 Å². The van der Waals surface area contributed by atoms with Crippen LogP contribution in [-0.2, 0) is 0 Å². The van der Waals surface area contributed by atoms with Crippen molar-refractivity contribution in [3.63, 3.8) is 0 Å². The number of hydrogen-bond donors (Lipinski definition) is 0. The molecule has 0 heterocycles. The molecule has 0 aromatic heterocycles. The molecule has 0 aliphatic heterocycles. The second-order valence-corrected chi connectivity index (χ2v) is 4.78. The van der Waals surface area contributed by atoms with E-state index in [-0.39, 0.29) is 23.5 Å². The predicted molar refractivity (Wildman–Crippen MR) is 79.9 cm³/mol. The third-order valence-corrected chi connectivity index (χ3v) is 3.17. The average Bonchev–Trinajstić information content (AvgIpc) is 2.51. The Morgan fingerprint density at radius 1 is 1.05 bits per heavy atom. The van der Waals surface area contributed by atoms with Gasteiger partial charge in [0.05, 0.1) is 12.0 Å². The first-order valence-corrected chi connectivity index (χ1v) is 7.06. The van der Waals surface area contributed by atoms with Gasteiger partial charge in [0.15, 0.2) is 23.1 Å². The fourth-order valence-electron chi connectivity index (χ4n) is 2.03. The Morgan fingerprint density at radius 2 is 1.82 bits per heavy atom. The number of halogens is 3.